The van der Waals surface area contributed by atoms with Gasteiger partial charge in [-0.25, -0.2) is 0 Å². The Morgan fingerprint density at radius 3 is 2.44 bits per heavy atom. The zero-order valence-electron chi connectivity index (χ0n) is 13.4. The first kappa shape index (κ1) is 21.7. The number of nitrogens with one attached hydrogen (secondary N) is 2. The highest BCUT2D eigenvalue weighted by atomic mass is 79.9. The van der Waals surface area contributed by atoms with Crippen LogP contribution >= 0.6 is 44.3 Å². The lowest BCUT2D eigenvalue weighted by molar-refractivity contribution is -0.384. The average molecular weight is 496 g/mol. The summed E-state index contributed by atoms with van der Waals surface area (Å²) in [5.41, 5.74) is 1.99. The van der Waals surface area contributed by atoms with E-state index in [9.17, 15) is 10.1 Å². The number of nitro groups is 1. The Hall–Kier alpha value is -1.35. The van der Waals surface area contributed by atoms with Crippen LogP contribution in [0.15, 0.2) is 45.3 Å². The van der Waals surface area contributed by atoms with Crippen molar-refractivity contribution in [3.63, 3.8) is 0 Å². The van der Waals surface area contributed by atoms with Crippen LogP contribution in [0.4, 0.5) is 11.4 Å². The maximum Gasteiger partial charge on any atom is 0.269 e. The van der Waals surface area contributed by atoms with Crippen LogP contribution in [0.3, 0.4) is 0 Å². The van der Waals surface area contributed by atoms with Crippen LogP contribution in [0.1, 0.15) is 5.56 Å². The Kier molecular flexibility index (Phi) is 9.20. The van der Waals surface area contributed by atoms with Gasteiger partial charge in [-0.2, -0.15) is 0 Å². The van der Waals surface area contributed by atoms with Gasteiger partial charge in [-0.05, 0) is 40.2 Å². The highest BCUT2D eigenvalue weighted by molar-refractivity contribution is 9.11. The summed E-state index contributed by atoms with van der Waals surface area (Å²) < 4.78 is 7.29. The molecule has 2 aromatic rings. The lowest BCUT2D eigenvalue weighted by atomic mass is 10.2. The van der Waals surface area contributed by atoms with Crippen LogP contribution in [0, 0.1) is 10.1 Å². The largest absolute Gasteiger partial charge is 0.495 e. The Balaban J connectivity index is 0.00000312. The molecule has 25 heavy (non-hydrogen) atoms. The predicted octanol–water partition coefficient (Wildman–Crippen LogP) is 4.75. The molecule has 0 fully saturated rings. The third-order valence-corrected chi connectivity index (χ3v) is 4.36. The van der Waals surface area contributed by atoms with E-state index in [1.165, 1.54) is 12.1 Å². The molecule has 2 rings (SSSR count). The molecular weight excluding hydrogens is 477 g/mol. The summed E-state index contributed by atoms with van der Waals surface area (Å²) in [6.07, 6.45) is 0. The molecule has 0 radical (unpaired) electrons. The Bertz CT molecular complexity index is 715. The summed E-state index contributed by atoms with van der Waals surface area (Å²) in [6, 6.07) is 10.3. The van der Waals surface area contributed by atoms with Crippen molar-refractivity contribution in [1.29, 1.82) is 0 Å². The molecule has 0 unspecified atom stereocenters. The molecule has 0 aliphatic heterocycles. The van der Waals surface area contributed by atoms with Gasteiger partial charge >= 0.3 is 0 Å². The van der Waals surface area contributed by atoms with E-state index >= 15 is 0 Å². The number of methoxy groups -OCH3 is 1. The maximum atomic E-state index is 10.6. The number of hydrogen-bond donors (Lipinski definition) is 2. The number of benzene rings is 2. The minimum atomic E-state index is -0.408. The highest BCUT2D eigenvalue weighted by Gasteiger charge is 2.09. The van der Waals surface area contributed by atoms with Gasteiger partial charge in [-0.3, -0.25) is 10.1 Å². The predicted molar refractivity (Wildman–Crippen MR) is 109 cm³/mol. The van der Waals surface area contributed by atoms with Crippen molar-refractivity contribution in [1.82, 2.24) is 5.32 Å². The maximum absolute atomic E-state index is 10.6. The number of anilines is 1. The van der Waals surface area contributed by atoms with Gasteiger partial charge in [0.15, 0.2) is 0 Å². The molecule has 0 atom stereocenters. The normalized spacial score (nSPS) is 10.0. The van der Waals surface area contributed by atoms with Crippen molar-refractivity contribution in [2.45, 2.75) is 6.54 Å². The highest BCUT2D eigenvalue weighted by Crippen LogP contribution is 2.32. The summed E-state index contributed by atoms with van der Waals surface area (Å²) in [6.45, 7) is 2.11. The lowest BCUT2D eigenvalue weighted by Crippen LogP contribution is -2.22. The Morgan fingerprint density at radius 1 is 1.16 bits per heavy atom. The lowest BCUT2D eigenvalue weighted by Gasteiger charge is -2.13. The van der Waals surface area contributed by atoms with Crippen LogP contribution in [0.2, 0.25) is 0 Å². The van der Waals surface area contributed by atoms with Gasteiger partial charge in [-0.1, -0.05) is 15.9 Å². The number of nitro benzene ring substituents is 1. The smallest absolute Gasteiger partial charge is 0.269 e. The van der Waals surface area contributed by atoms with E-state index < -0.39 is 4.92 Å². The van der Waals surface area contributed by atoms with Crippen molar-refractivity contribution in [2.75, 3.05) is 25.5 Å². The third kappa shape index (κ3) is 6.47. The molecule has 0 spiro atoms. The second-order valence-corrected chi connectivity index (χ2v) is 6.76. The summed E-state index contributed by atoms with van der Waals surface area (Å²) in [5, 5.41) is 17.2. The van der Waals surface area contributed by atoms with Crippen molar-refractivity contribution in [2.24, 2.45) is 0 Å². The molecule has 0 amide bonds. The van der Waals surface area contributed by atoms with Crippen molar-refractivity contribution < 1.29 is 9.66 Å². The molecular formula is C16H18Br2ClN3O3. The number of hydrogen-bond acceptors (Lipinski definition) is 5. The van der Waals surface area contributed by atoms with E-state index in [2.05, 4.69) is 42.5 Å². The minimum Gasteiger partial charge on any atom is -0.495 e. The fourth-order valence-corrected chi connectivity index (χ4v) is 3.67. The number of ether oxygens (including phenoxy) is 1. The second kappa shape index (κ2) is 10.6. The molecule has 0 saturated heterocycles. The second-order valence-electron chi connectivity index (χ2n) is 4.99. The zero-order chi connectivity index (χ0) is 17.5. The molecule has 2 aromatic carbocycles. The standard InChI is InChI=1S/C16H17Br2N3O3.ClH/c1-24-16-11(8-12(17)9-15(16)18)10-19-6-7-20-13-2-4-14(5-3-13)21(22)23;/h2-5,8-9,19-20H,6-7,10H2,1H3;1H. The van der Waals surface area contributed by atoms with E-state index in [1.54, 1.807) is 19.2 Å². The van der Waals surface area contributed by atoms with Gasteiger partial charge in [0.05, 0.1) is 16.5 Å². The number of non-ortho nitro benzene ring substituents is 1. The topological polar surface area (TPSA) is 76.4 Å². The van der Waals surface area contributed by atoms with Crippen molar-refractivity contribution in [3.05, 3.63) is 61.0 Å². The molecule has 0 saturated carbocycles. The summed E-state index contributed by atoms with van der Waals surface area (Å²) >= 11 is 6.96. The molecule has 136 valence electrons. The van der Waals surface area contributed by atoms with Crippen molar-refractivity contribution in [3.8, 4) is 5.75 Å². The van der Waals surface area contributed by atoms with Gasteiger partial charge in [-0.15, -0.1) is 12.4 Å². The summed E-state index contributed by atoms with van der Waals surface area (Å²) in [5.74, 6) is 0.814. The average Bonchev–Trinajstić information content (AvgIpc) is 2.54. The Morgan fingerprint density at radius 2 is 1.84 bits per heavy atom. The molecule has 9 heteroatoms. The molecule has 0 aliphatic rings. The van der Waals surface area contributed by atoms with Crippen LogP contribution in [-0.2, 0) is 6.54 Å². The molecule has 0 aliphatic carbocycles. The number of rotatable bonds is 8. The molecule has 0 heterocycles. The number of halogens is 3. The monoisotopic (exact) mass is 493 g/mol. The molecule has 2 N–H and O–H groups in total. The third-order valence-electron chi connectivity index (χ3n) is 3.31. The SMILES string of the molecule is COc1c(Br)cc(Br)cc1CNCCNc1ccc([N+](=O)[O-])cc1.Cl. The van der Waals surface area contributed by atoms with Gasteiger partial charge in [0.25, 0.3) is 5.69 Å². The van der Waals surface area contributed by atoms with Gasteiger partial charge in [0.1, 0.15) is 5.75 Å². The van der Waals surface area contributed by atoms with Gasteiger partial charge in [0.2, 0.25) is 0 Å². The fourth-order valence-electron chi connectivity index (χ4n) is 2.19. The van der Waals surface area contributed by atoms with Gasteiger partial charge in [0, 0.05) is 47.5 Å². The van der Waals surface area contributed by atoms with Crippen molar-refractivity contribution >= 4 is 55.6 Å². The Labute approximate surface area is 169 Å². The molecule has 0 bridgehead atoms. The summed E-state index contributed by atoms with van der Waals surface area (Å²) in [4.78, 5) is 10.2. The first-order valence-corrected chi connectivity index (χ1v) is 8.81. The van der Waals surface area contributed by atoms with E-state index in [0.29, 0.717) is 13.1 Å². The van der Waals surface area contributed by atoms with Crippen LogP contribution < -0.4 is 15.4 Å². The minimum absolute atomic E-state index is 0. The van der Waals surface area contributed by atoms with Gasteiger partial charge < -0.3 is 15.4 Å². The van der Waals surface area contributed by atoms with E-state index in [4.69, 9.17) is 4.74 Å². The quantitative estimate of drug-likeness (QED) is 0.314. The molecule has 0 aromatic heterocycles. The molecule has 6 nitrogen and oxygen atoms in total. The van der Waals surface area contributed by atoms with E-state index in [1.807, 2.05) is 12.1 Å². The first-order chi connectivity index (χ1) is 11.5. The summed E-state index contributed by atoms with van der Waals surface area (Å²) in [7, 11) is 1.65. The van der Waals surface area contributed by atoms with Crippen LogP contribution in [-0.4, -0.2) is 25.1 Å². The zero-order valence-corrected chi connectivity index (χ0v) is 17.4. The van der Waals surface area contributed by atoms with Crippen LogP contribution in [0.5, 0.6) is 5.75 Å². The number of nitrogens with zero attached hydrogens (tertiary/aromatic N) is 1. The van der Waals surface area contributed by atoms with E-state index in [0.717, 1.165) is 32.5 Å². The van der Waals surface area contributed by atoms with E-state index in [-0.39, 0.29) is 18.1 Å². The fraction of sp³-hybridized carbons (Fsp3) is 0.250. The van der Waals surface area contributed by atoms with Crippen LogP contribution in [0.25, 0.3) is 0 Å². The first-order valence-electron chi connectivity index (χ1n) is 7.22.